The number of hydrogen-bond donors (Lipinski definition) is 1. The van der Waals surface area contributed by atoms with Crippen LogP contribution in [0, 0.1) is 0 Å². The van der Waals surface area contributed by atoms with Gasteiger partial charge in [0.15, 0.2) is 0 Å². The van der Waals surface area contributed by atoms with E-state index in [1.165, 1.54) is 17.0 Å². The highest BCUT2D eigenvalue weighted by molar-refractivity contribution is 7.92. The van der Waals surface area contributed by atoms with E-state index in [2.05, 4.69) is 5.32 Å². The molecule has 7 nitrogen and oxygen atoms in total. The maximum Gasteiger partial charge on any atom is 0.264 e. The Hall–Kier alpha value is -3.36. The molecule has 0 bridgehead atoms. The Morgan fingerprint density at radius 2 is 1.49 bits per heavy atom. The van der Waals surface area contributed by atoms with Gasteiger partial charge in [-0.2, -0.15) is 0 Å². The minimum absolute atomic E-state index is 0.0613. The summed E-state index contributed by atoms with van der Waals surface area (Å²) in [4.78, 5) is 28.8. The van der Waals surface area contributed by atoms with Gasteiger partial charge in [-0.05, 0) is 55.7 Å². The van der Waals surface area contributed by atoms with Gasteiger partial charge in [0.25, 0.3) is 10.0 Å². The van der Waals surface area contributed by atoms with Crippen molar-refractivity contribution in [2.24, 2.45) is 0 Å². The van der Waals surface area contributed by atoms with E-state index in [-0.39, 0.29) is 23.4 Å². The Morgan fingerprint density at radius 3 is 2.13 bits per heavy atom. The number of nitrogens with zero attached hydrogens (tertiary/aromatic N) is 2. The van der Waals surface area contributed by atoms with Gasteiger partial charge < -0.3 is 10.2 Å². The summed E-state index contributed by atoms with van der Waals surface area (Å²) in [7, 11) is -4.07. The number of carbonyl (C=O) groups excluding carboxylic acids is 2. The van der Waals surface area contributed by atoms with Crippen LogP contribution in [-0.2, 0) is 26.2 Å². The van der Waals surface area contributed by atoms with Crippen molar-refractivity contribution in [3.63, 3.8) is 0 Å². The third-order valence-electron chi connectivity index (χ3n) is 7.07. The molecule has 0 saturated heterocycles. The Bertz CT molecular complexity index is 1360. The summed E-state index contributed by atoms with van der Waals surface area (Å²) >= 11 is 6.42. The highest BCUT2D eigenvalue weighted by Crippen LogP contribution is 2.25. The first-order valence-corrected chi connectivity index (χ1v) is 15.1. The second kappa shape index (κ2) is 13.1. The summed E-state index contributed by atoms with van der Waals surface area (Å²) in [5.41, 5.74) is 1.02. The first kappa shape index (κ1) is 28.6. The van der Waals surface area contributed by atoms with Crippen molar-refractivity contribution < 1.29 is 18.0 Å². The van der Waals surface area contributed by atoms with E-state index in [0.29, 0.717) is 16.3 Å². The lowest BCUT2D eigenvalue weighted by molar-refractivity contribution is -0.139. The Balaban J connectivity index is 1.65. The minimum Gasteiger partial charge on any atom is -0.352 e. The Morgan fingerprint density at radius 1 is 0.897 bits per heavy atom. The summed E-state index contributed by atoms with van der Waals surface area (Å²) in [5.74, 6) is -0.774. The zero-order chi connectivity index (χ0) is 27.8. The fraction of sp³-hybridized carbons (Fsp3) is 0.333. The second-order valence-electron chi connectivity index (χ2n) is 9.79. The van der Waals surface area contributed by atoms with E-state index < -0.39 is 28.5 Å². The predicted molar refractivity (Wildman–Crippen MR) is 154 cm³/mol. The van der Waals surface area contributed by atoms with Gasteiger partial charge in [0.1, 0.15) is 12.6 Å². The van der Waals surface area contributed by atoms with Crippen LogP contribution in [0.1, 0.15) is 44.6 Å². The molecule has 1 atom stereocenters. The molecule has 0 unspecified atom stereocenters. The van der Waals surface area contributed by atoms with Gasteiger partial charge >= 0.3 is 0 Å². The summed E-state index contributed by atoms with van der Waals surface area (Å²) in [6.07, 6.45) is 5.10. The quantitative estimate of drug-likeness (QED) is 0.355. The molecule has 0 spiro atoms. The molecule has 0 aliphatic heterocycles. The molecule has 3 aromatic carbocycles. The lowest BCUT2D eigenvalue weighted by Crippen LogP contribution is -2.53. The van der Waals surface area contributed by atoms with Gasteiger partial charge in [-0.1, -0.05) is 85.5 Å². The fourth-order valence-corrected chi connectivity index (χ4v) is 6.43. The van der Waals surface area contributed by atoms with Crippen LogP contribution in [0.15, 0.2) is 89.8 Å². The van der Waals surface area contributed by atoms with Crippen molar-refractivity contribution in [3.8, 4) is 0 Å². The number of para-hydroxylation sites is 1. The van der Waals surface area contributed by atoms with E-state index in [9.17, 15) is 18.0 Å². The maximum absolute atomic E-state index is 14.0. The van der Waals surface area contributed by atoms with E-state index in [4.69, 9.17) is 11.6 Å². The number of rotatable bonds is 10. The van der Waals surface area contributed by atoms with Gasteiger partial charge in [0.2, 0.25) is 11.8 Å². The summed E-state index contributed by atoms with van der Waals surface area (Å²) in [6, 6.07) is 22.9. The molecule has 9 heteroatoms. The van der Waals surface area contributed by atoms with Crippen molar-refractivity contribution in [1.29, 1.82) is 0 Å². The molecule has 0 aromatic heterocycles. The molecule has 2 amide bonds. The lowest BCUT2D eigenvalue weighted by atomic mass is 9.95. The monoisotopic (exact) mass is 567 g/mol. The molecule has 39 heavy (non-hydrogen) atoms. The van der Waals surface area contributed by atoms with Crippen LogP contribution in [0.3, 0.4) is 0 Å². The summed E-state index contributed by atoms with van der Waals surface area (Å²) in [6.45, 7) is 1.25. The van der Waals surface area contributed by atoms with Crippen molar-refractivity contribution in [3.05, 3.63) is 95.5 Å². The molecule has 1 aliphatic rings. The molecule has 1 saturated carbocycles. The van der Waals surface area contributed by atoms with Crippen LogP contribution in [0.25, 0.3) is 0 Å². The maximum atomic E-state index is 14.0. The van der Waals surface area contributed by atoms with Crippen LogP contribution in [0.4, 0.5) is 5.69 Å². The highest BCUT2D eigenvalue weighted by atomic mass is 35.5. The average Bonchev–Trinajstić information content (AvgIpc) is 2.96. The fourth-order valence-electron chi connectivity index (χ4n) is 4.80. The van der Waals surface area contributed by atoms with Crippen molar-refractivity contribution >= 4 is 39.1 Å². The predicted octanol–water partition coefficient (Wildman–Crippen LogP) is 5.40. The molecule has 0 heterocycles. The average molecular weight is 568 g/mol. The van der Waals surface area contributed by atoms with Crippen LogP contribution < -0.4 is 9.62 Å². The van der Waals surface area contributed by atoms with Gasteiger partial charge in [-0.25, -0.2) is 8.42 Å². The van der Waals surface area contributed by atoms with Crippen LogP contribution in [0.2, 0.25) is 5.02 Å². The van der Waals surface area contributed by atoms with Gasteiger partial charge in [-0.3, -0.25) is 13.9 Å². The van der Waals surface area contributed by atoms with Gasteiger partial charge in [0.05, 0.1) is 10.6 Å². The first-order chi connectivity index (χ1) is 18.8. The number of amides is 2. The first-order valence-electron chi connectivity index (χ1n) is 13.2. The standard InChI is InChI=1S/C30H34ClN3O4S/c1-23(30(36)32-25-14-5-2-6-15-25)33(21-24-13-11-12-20-28(24)31)29(35)22-34(26-16-7-3-8-17-26)39(37,38)27-18-9-4-10-19-27/h3-4,7-13,16-20,23,25H,2,5-6,14-15,21-22H2,1H3,(H,32,36)/t23-/m1/s1. The van der Waals surface area contributed by atoms with E-state index >= 15 is 0 Å². The van der Waals surface area contributed by atoms with Gasteiger partial charge in [0, 0.05) is 17.6 Å². The highest BCUT2D eigenvalue weighted by Gasteiger charge is 2.33. The van der Waals surface area contributed by atoms with Crippen molar-refractivity contribution in [1.82, 2.24) is 10.2 Å². The molecule has 4 rings (SSSR count). The molecule has 206 valence electrons. The molecule has 1 fully saturated rings. The number of benzene rings is 3. The number of carbonyl (C=O) groups is 2. The number of sulfonamides is 1. The van der Waals surface area contributed by atoms with Crippen LogP contribution in [-0.4, -0.2) is 43.8 Å². The molecular formula is C30H34ClN3O4S. The minimum atomic E-state index is -4.07. The molecule has 1 aliphatic carbocycles. The third kappa shape index (κ3) is 7.19. The zero-order valence-electron chi connectivity index (χ0n) is 22.0. The second-order valence-corrected chi connectivity index (χ2v) is 12.1. The van der Waals surface area contributed by atoms with Gasteiger partial charge in [-0.15, -0.1) is 0 Å². The zero-order valence-corrected chi connectivity index (χ0v) is 23.6. The summed E-state index contributed by atoms with van der Waals surface area (Å²) in [5, 5.41) is 3.56. The van der Waals surface area contributed by atoms with E-state index in [1.807, 2.05) is 6.07 Å². The largest absolute Gasteiger partial charge is 0.352 e. The lowest BCUT2D eigenvalue weighted by Gasteiger charge is -2.33. The molecule has 3 aromatic rings. The Kier molecular flexibility index (Phi) is 9.64. The number of nitrogens with one attached hydrogen (secondary N) is 1. The van der Waals surface area contributed by atoms with Crippen LogP contribution >= 0.6 is 11.6 Å². The van der Waals surface area contributed by atoms with Crippen molar-refractivity contribution in [2.45, 2.75) is 62.6 Å². The van der Waals surface area contributed by atoms with E-state index in [0.717, 1.165) is 36.4 Å². The third-order valence-corrected chi connectivity index (χ3v) is 9.23. The molecule has 0 radical (unpaired) electrons. The van der Waals surface area contributed by atoms with Crippen LogP contribution in [0.5, 0.6) is 0 Å². The van der Waals surface area contributed by atoms with E-state index in [1.54, 1.807) is 73.7 Å². The topological polar surface area (TPSA) is 86.8 Å². The summed E-state index contributed by atoms with van der Waals surface area (Å²) < 4.78 is 28.5. The van der Waals surface area contributed by atoms with Crippen molar-refractivity contribution in [2.75, 3.05) is 10.8 Å². The number of hydrogen-bond acceptors (Lipinski definition) is 4. The number of anilines is 1. The molecular weight excluding hydrogens is 534 g/mol. The SMILES string of the molecule is C[C@H](C(=O)NC1CCCCC1)N(Cc1ccccc1Cl)C(=O)CN(c1ccccc1)S(=O)(=O)c1ccccc1. The smallest absolute Gasteiger partial charge is 0.264 e. The number of halogens is 1. The molecule has 1 N–H and O–H groups in total. The normalized spacial score (nSPS) is 14.8. The Labute approximate surface area is 235 Å².